The Morgan fingerprint density at radius 1 is 1.10 bits per heavy atom. The van der Waals surface area contributed by atoms with E-state index >= 15 is 0 Å². The van der Waals surface area contributed by atoms with E-state index < -0.39 is 46.6 Å². The topological polar surface area (TPSA) is 82.1 Å². The van der Waals surface area contributed by atoms with Crippen LogP contribution in [0.1, 0.15) is 0 Å². The van der Waals surface area contributed by atoms with Gasteiger partial charge in [0.15, 0.2) is 17.4 Å². The first kappa shape index (κ1) is 22.8. The van der Waals surface area contributed by atoms with Crippen molar-refractivity contribution < 1.29 is 32.1 Å². The van der Waals surface area contributed by atoms with Crippen molar-refractivity contribution in [3.8, 4) is 11.5 Å². The van der Waals surface area contributed by atoms with Crippen molar-refractivity contribution in [1.29, 1.82) is 0 Å². The van der Waals surface area contributed by atoms with Crippen molar-refractivity contribution in [2.45, 2.75) is 4.90 Å². The quantitative estimate of drug-likeness (QED) is 0.470. The number of hydrogen-bond donors (Lipinski definition) is 2. The van der Waals surface area contributed by atoms with Crippen molar-refractivity contribution >= 4 is 16.9 Å². The van der Waals surface area contributed by atoms with Crippen LogP contribution in [0.15, 0.2) is 41.3 Å². The maximum absolute atomic E-state index is 14.4. The maximum atomic E-state index is 14.4. The second-order valence-electron chi connectivity index (χ2n) is 6.22. The summed E-state index contributed by atoms with van der Waals surface area (Å²) >= 11 is 0. The van der Waals surface area contributed by atoms with Crippen LogP contribution in [0.5, 0.6) is 11.5 Å². The largest absolute Gasteiger partial charge is 0.451 e. The van der Waals surface area contributed by atoms with Crippen molar-refractivity contribution in [2.24, 2.45) is 0 Å². The second-order valence-corrected chi connectivity index (χ2v) is 7.71. The zero-order valence-electron chi connectivity index (χ0n) is 15.7. The zero-order chi connectivity index (χ0) is 21.6. The lowest BCUT2D eigenvalue weighted by Gasteiger charge is -2.22. The number of hydrogen-bond acceptors (Lipinski definition) is 5. The molecule has 2 aromatic rings. The molecule has 29 heavy (non-hydrogen) atoms. The lowest BCUT2D eigenvalue weighted by molar-refractivity contribution is -0.129. The third-order valence-electron chi connectivity index (χ3n) is 3.68. The predicted octanol–water partition coefficient (Wildman–Crippen LogP) is 2.29. The average Bonchev–Trinajstić information content (AvgIpc) is 2.68. The molecule has 0 spiro atoms. The van der Waals surface area contributed by atoms with E-state index in [0.717, 1.165) is 28.6 Å². The van der Waals surface area contributed by atoms with Gasteiger partial charge in [-0.2, -0.15) is 0 Å². The first-order valence-electron chi connectivity index (χ1n) is 8.38. The summed E-state index contributed by atoms with van der Waals surface area (Å²) in [6.07, 6.45) is 0. The van der Waals surface area contributed by atoms with Crippen LogP contribution in [0.4, 0.5) is 13.2 Å². The van der Waals surface area contributed by atoms with Gasteiger partial charge in [0.2, 0.25) is 0 Å². The number of nitrogens with zero attached hydrogens (tertiary/aromatic N) is 2. The monoisotopic (exact) mass is 431 g/mol. The fraction of sp³-hybridized carbons (Fsp3) is 0.278. The Bertz CT molecular complexity index is 858. The van der Waals surface area contributed by atoms with Gasteiger partial charge in [-0.25, -0.2) is 27.2 Å². The third-order valence-corrected chi connectivity index (χ3v) is 5.10. The molecule has 0 saturated carbocycles. The number of carbonyl (C=O) groups excluding carboxylic acids is 1. The number of likely N-dealkylation sites (N-methyl/N-ethyl adjacent to an activating group) is 1. The van der Waals surface area contributed by atoms with Crippen molar-refractivity contribution in [2.75, 3.05) is 33.7 Å². The molecule has 1 unspecified atom stereocenters. The molecule has 0 bridgehead atoms. The van der Waals surface area contributed by atoms with Gasteiger partial charge in [-0.05, 0) is 50.5 Å². The van der Waals surface area contributed by atoms with E-state index in [-0.39, 0.29) is 17.2 Å². The molecule has 7 nitrogen and oxygen atoms in total. The molecule has 158 valence electrons. The first-order valence-corrected chi connectivity index (χ1v) is 9.49. The standard InChI is InChI=1S/C18H20F3N3O4S/c1-23(2)7-8-24(11-17(25)22-26)29(27)14-9-15(20)18(16(21)10-14)28-13-5-3-12(19)4-6-13/h3-6,9-10,26H,7-8,11H2,1-2H3,(H,22,25). The SMILES string of the molecule is CN(C)CCN(CC(=O)NO)S(=O)c1cc(F)c(Oc2ccc(F)cc2)c(F)c1. The van der Waals surface area contributed by atoms with Gasteiger partial charge in [0.05, 0.1) is 11.4 Å². The molecule has 2 rings (SSSR count). The number of amides is 1. The Balaban J connectivity index is 2.26. The van der Waals surface area contributed by atoms with Crippen LogP contribution in [-0.4, -0.2) is 58.3 Å². The number of hydroxylamine groups is 1. The van der Waals surface area contributed by atoms with Gasteiger partial charge in [-0.1, -0.05) is 0 Å². The van der Waals surface area contributed by atoms with Gasteiger partial charge in [0.1, 0.15) is 22.6 Å². The predicted molar refractivity (Wildman–Crippen MR) is 99.3 cm³/mol. The van der Waals surface area contributed by atoms with E-state index in [1.165, 1.54) is 17.6 Å². The summed E-state index contributed by atoms with van der Waals surface area (Å²) in [6, 6.07) is 6.22. The maximum Gasteiger partial charge on any atom is 0.258 e. The van der Waals surface area contributed by atoms with E-state index in [0.29, 0.717) is 6.54 Å². The van der Waals surface area contributed by atoms with Gasteiger partial charge >= 0.3 is 0 Å². The molecule has 0 aliphatic rings. The fourth-order valence-electron chi connectivity index (χ4n) is 2.23. The summed E-state index contributed by atoms with van der Waals surface area (Å²) < 4.78 is 60.8. The van der Waals surface area contributed by atoms with Crippen LogP contribution in [0.3, 0.4) is 0 Å². The Labute approximate surface area is 168 Å². The Hall–Kier alpha value is -2.47. The molecule has 1 amide bonds. The Kier molecular flexibility index (Phi) is 8.14. The van der Waals surface area contributed by atoms with Gasteiger partial charge in [0, 0.05) is 13.1 Å². The van der Waals surface area contributed by atoms with E-state index in [1.54, 1.807) is 19.0 Å². The van der Waals surface area contributed by atoms with Crippen LogP contribution in [0.25, 0.3) is 0 Å². The Morgan fingerprint density at radius 3 is 2.21 bits per heavy atom. The van der Waals surface area contributed by atoms with Crippen molar-refractivity contribution in [1.82, 2.24) is 14.7 Å². The first-order chi connectivity index (χ1) is 13.7. The third kappa shape index (κ3) is 6.53. The number of nitrogens with one attached hydrogen (secondary N) is 1. The molecule has 0 heterocycles. The van der Waals surface area contributed by atoms with E-state index in [4.69, 9.17) is 9.94 Å². The zero-order valence-corrected chi connectivity index (χ0v) is 16.5. The molecule has 0 aromatic heterocycles. The normalized spacial score (nSPS) is 12.3. The highest BCUT2D eigenvalue weighted by atomic mass is 32.2. The van der Waals surface area contributed by atoms with Gasteiger partial charge in [-0.3, -0.25) is 10.0 Å². The molecule has 0 aliphatic carbocycles. The van der Waals surface area contributed by atoms with Crippen LogP contribution >= 0.6 is 0 Å². The van der Waals surface area contributed by atoms with Crippen LogP contribution in [-0.2, 0) is 15.8 Å². The molecular formula is C18H20F3N3O4S. The minimum Gasteiger partial charge on any atom is -0.451 e. The summed E-state index contributed by atoms with van der Waals surface area (Å²) in [5.41, 5.74) is 1.43. The summed E-state index contributed by atoms with van der Waals surface area (Å²) in [4.78, 5) is 13.0. The summed E-state index contributed by atoms with van der Waals surface area (Å²) in [5, 5.41) is 8.70. The number of carbonyl (C=O) groups is 1. The molecular weight excluding hydrogens is 411 g/mol. The lowest BCUT2D eigenvalue weighted by atomic mass is 10.3. The molecule has 2 aromatic carbocycles. The number of halogens is 3. The van der Waals surface area contributed by atoms with Crippen LogP contribution < -0.4 is 10.2 Å². The molecule has 1 atom stereocenters. The lowest BCUT2D eigenvalue weighted by Crippen LogP contribution is -2.40. The molecule has 0 aliphatic heterocycles. The van der Waals surface area contributed by atoms with Crippen molar-refractivity contribution in [3.05, 3.63) is 53.8 Å². The highest BCUT2D eigenvalue weighted by Crippen LogP contribution is 2.30. The summed E-state index contributed by atoms with van der Waals surface area (Å²) in [7, 11) is 1.43. The number of rotatable bonds is 9. The van der Waals surface area contributed by atoms with Crippen LogP contribution in [0.2, 0.25) is 0 Å². The summed E-state index contributed by atoms with van der Waals surface area (Å²) in [6.45, 7) is 0.0826. The van der Waals surface area contributed by atoms with E-state index in [1.807, 2.05) is 0 Å². The van der Waals surface area contributed by atoms with Gasteiger partial charge in [0.25, 0.3) is 5.91 Å². The molecule has 0 saturated heterocycles. The molecule has 0 fully saturated rings. The number of ether oxygens (including phenoxy) is 1. The van der Waals surface area contributed by atoms with E-state index in [2.05, 4.69) is 0 Å². The average molecular weight is 431 g/mol. The van der Waals surface area contributed by atoms with Gasteiger partial charge < -0.3 is 9.64 Å². The highest BCUT2D eigenvalue weighted by molar-refractivity contribution is 7.82. The van der Waals surface area contributed by atoms with Crippen LogP contribution in [0, 0.1) is 17.5 Å². The van der Waals surface area contributed by atoms with E-state index in [9.17, 15) is 22.2 Å². The minimum atomic E-state index is -2.09. The summed E-state index contributed by atoms with van der Waals surface area (Å²) in [5.74, 6) is -4.30. The Morgan fingerprint density at radius 2 is 1.69 bits per heavy atom. The highest BCUT2D eigenvalue weighted by Gasteiger charge is 2.22. The smallest absolute Gasteiger partial charge is 0.258 e. The molecule has 0 radical (unpaired) electrons. The number of benzene rings is 2. The molecule has 11 heteroatoms. The minimum absolute atomic E-state index is 0.0188. The fourth-order valence-corrected chi connectivity index (χ4v) is 3.42. The van der Waals surface area contributed by atoms with Gasteiger partial charge in [-0.15, -0.1) is 0 Å². The molecule has 2 N–H and O–H groups in total. The second kappa shape index (κ2) is 10.3. The van der Waals surface area contributed by atoms with Crippen molar-refractivity contribution in [3.63, 3.8) is 0 Å².